The summed E-state index contributed by atoms with van der Waals surface area (Å²) in [6, 6.07) is 2.88. The monoisotopic (exact) mass is 344 g/mol. The van der Waals surface area contributed by atoms with Crippen LogP contribution in [-0.2, 0) is 11.0 Å². The van der Waals surface area contributed by atoms with Gasteiger partial charge in [-0.1, -0.05) is 45.2 Å². The van der Waals surface area contributed by atoms with Gasteiger partial charge in [0.2, 0.25) is 5.56 Å². The summed E-state index contributed by atoms with van der Waals surface area (Å²) in [4.78, 5) is 31.3. The van der Waals surface area contributed by atoms with Crippen LogP contribution < -0.4 is 10.9 Å². The molecule has 0 unspecified atom stereocenters. The Morgan fingerprint density at radius 3 is 2.60 bits per heavy atom. The normalized spacial score (nSPS) is 17.2. The van der Waals surface area contributed by atoms with Crippen molar-refractivity contribution in [3.63, 3.8) is 0 Å². The minimum absolute atomic E-state index is 0.228. The van der Waals surface area contributed by atoms with Gasteiger partial charge in [-0.25, -0.2) is 0 Å². The molecule has 0 aromatic carbocycles. The topological polar surface area (TPSA) is 101 Å². The number of nitrogens with one attached hydrogen (secondary N) is 2. The molecule has 0 saturated heterocycles. The van der Waals surface area contributed by atoms with Crippen molar-refractivity contribution in [2.45, 2.75) is 63.8 Å². The molecule has 0 aliphatic heterocycles. The Labute approximate surface area is 146 Å². The largest absolute Gasteiger partial charge is 0.338 e. The van der Waals surface area contributed by atoms with Crippen molar-refractivity contribution in [2.24, 2.45) is 0 Å². The first-order chi connectivity index (χ1) is 11.8. The fourth-order valence-electron chi connectivity index (χ4n) is 3.15. The highest BCUT2D eigenvalue weighted by Gasteiger charge is 2.41. The number of pyridine rings is 1. The molecule has 3 rings (SSSR count). The average Bonchev–Trinajstić information content (AvgIpc) is 3.07. The van der Waals surface area contributed by atoms with Crippen LogP contribution in [-0.4, -0.2) is 21.0 Å². The number of carbonyl (C=O) groups excluding carboxylic acids is 1. The third-order valence-electron chi connectivity index (χ3n) is 4.60. The van der Waals surface area contributed by atoms with Crippen molar-refractivity contribution in [2.75, 3.05) is 0 Å². The summed E-state index contributed by atoms with van der Waals surface area (Å²) in [6.45, 7) is 6.05. The molecule has 2 N–H and O–H groups in total. The highest BCUT2D eigenvalue weighted by atomic mass is 16.5. The van der Waals surface area contributed by atoms with Gasteiger partial charge in [-0.3, -0.25) is 9.59 Å². The number of H-pyrrole nitrogens is 1. The number of amides is 1. The number of nitrogens with zero attached hydrogens (tertiary/aromatic N) is 2. The number of hydrogen-bond donors (Lipinski definition) is 2. The quantitative estimate of drug-likeness (QED) is 0.891. The fraction of sp³-hybridized carbons (Fsp3) is 0.556. The van der Waals surface area contributed by atoms with E-state index in [4.69, 9.17) is 4.52 Å². The zero-order chi connectivity index (χ0) is 18.1. The van der Waals surface area contributed by atoms with Crippen molar-refractivity contribution in [1.82, 2.24) is 20.4 Å². The lowest BCUT2D eigenvalue weighted by Gasteiger charge is -2.34. The van der Waals surface area contributed by atoms with Crippen molar-refractivity contribution >= 4 is 5.91 Å². The zero-order valence-corrected chi connectivity index (χ0v) is 14.9. The van der Waals surface area contributed by atoms with E-state index in [1.54, 1.807) is 6.07 Å². The second-order valence-electron chi connectivity index (χ2n) is 7.71. The molecule has 0 spiro atoms. The van der Waals surface area contributed by atoms with E-state index in [0.717, 1.165) is 32.1 Å². The fourth-order valence-corrected chi connectivity index (χ4v) is 3.15. The van der Waals surface area contributed by atoms with Crippen LogP contribution in [0.2, 0.25) is 0 Å². The summed E-state index contributed by atoms with van der Waals surface area (Å²) >= 11 is 0. The van der Waals surface area contributed by atoms with Crippen LogP contribution >= 0.6 is 0 Å². The lowest BCUT2D eigenvalue weighted by atomic mass is 9.81. The Morgan fingerprint density at radius 1 is 1.28 bits per heavy atom. The molecule has 1 saturated carbocycles. The Bertz CT molecular complexity index is 810. The molecule has 134 valence electrons. The van der Waals surface area contributed by atoms with Gasteiger partial charge in [-0.05, 0) is 18.9 Å². The van der Waals surface area contributed by atoms with Gasteiger partial charge in [0.15, 0.2) is 5.82 Å². The van der Waals surface area contributed by atoms with E-state index in [9.17, 15) is 9.59 Å². The summed E-state index contributed by atoms with van der Waals surface area (Å²) < 4.78 is 5.55. The molecule has 1 aliphatic rings. The van der Waals surface area contributed by atoms with Crippen LogP contribution in [0.5, 0.6) is 0 Å². The van der Waals surface area contributed by atoms with Crippen molar-refractivity contribution in [1.29, 1.82) is 0 Å². The molecular weight excluding hydrogens is 320 g/mol. The Morgan fingerprint density at radius 2 is 2.00 bits per heavy atom. The molecule has 2 heterocycles. The van der Waals surface area contributed by atoms with E-state index in [1.807, 2.05) is 20.8 Å². The van der Waals surface area contributed by atoms with E-state index in [-0.39, 0.29) is 16.9 Å². The van der Waals surface area contributed by atoms with Gasteiger partial charge in [0.05, 0.1) is 0 Å². The van der Waals surface area contributed by atoms with Crippen molar-refractivity contribution in [3.05, 3.63) is 46.0 Å². The maximum absolute atomic E-state index is 12.7. The summed E-state index contributed by atoms with van der Waals surface area (Å²) in [5.74, 6) is 0.775. The van der Waals surface area contributed by atoms with Gasteiger partial charge in [0, 0.05) is 23.2 Å². The summed E-state index contributed by atoms with van der Waals surface area (Å²) in [7, 11) is 0. The van der Waals surface area contributed by atoms with E-state index < -0.39 is 5.54 Å². The predicted octanol–water partition coefficient (Wildman–Crippen LogP) is 2.64. The second kappa shape index (κ2) is 6.46. The predicted molar refractivity (Wildman–Crippen MR) is 92.3 cm³/mol. The molecular formula is C18H24N4O3. The van der Waals surface area contributed by atoms with Gasteiger partial charge in [0.1, 0.15) is 5.54 Å². The van der Waals surface area contributed by atoms with Gasteiger partial charge >= 0.3 is 0 Å². The average molecular weight is 344 g/mol. The summed E-state index contributed by atoms with van der Waals surface area (Å²) in [5.41, 5.74) is -0.884. The minimum Gasteiger partial charge on any atom is -0.338 e. The number of carbonyl (C=O) groups is 1. The number of aromatic nitrogens is 3. The summed E-state index contributed by atoms with van der Waals surface area (Å²) in [6.07, 6.45) is 6.02. The molecule has 1 fully saturated rings. The van der Waals surface area contributed by atoms with Gasteiger partial charge < -0.3 is 14.8 Å². The third-order valence-corrected chi connectivity index (χ3v) is 4.60. The Hall–Kier alpha value is -2.44. The number of hydrogen-bond acceptors (Lipinski definition) is 5. The maximum Gasteiger partial charge on any atom is 0.252 e. The van der Waals surface area contributed by atoms with Gasteiger partial charge in [-0.2, -0.15) is 4.98 Å². The van der Waals surface area contributed by atoms with Crippen LogP contribution in [0.1, 0.15) is 74.9 Å². The molecule has 0 radical (unpaired) electrons. The molecule has 1 amide bonds. The van der Waals surface area contributed by atoms with Crippen LogP contribution in [0, 0.1) is 0 Å². The van der Waals surface area contributed by atoms with E-state index >= 15 is 0 Å². The van der Waals surface area contributed by atoms with Crippen LogP contribution in [0.4, 0.5) is 0 Å². The third kappa shape index (κ3) is 3.65. The van der Waals surface area contributed by atoms with E-state index in [0.29, 0.717) is 17.3 Å². The smallest absolute Gasteiger partial charge is 0.252 e. The van der Waals surface area contributed by atoms with E-state index in [1.165, 1.54) is 12.3 Å². The first-order valence-corrected chi connectivity index (χ1v) is 8.66. The van der Waals surface area contributed by atoms with Crippen LogP contribution in [0.3, 0.4) is 0 Å². The van der Waals surface area contributed by atoms with Gasteiger partial charge in [0.25, 0.3) is 11.8 Å². The maximum atomic E-state index is 12.7. The first-order valence-electron chi connectivity index (χ1n) is 8.66. The zero-order valence-electron chi connectivity index (χ0n) is 14.9. The SMILES string of the molecule is CC(C)(C)c1noc(C2(NC(=O)c3cc[nH]c(=O)c3)CCCCC2)n1. The second-order valence-corrected chi connectivity index (χ2v) is 7.71. The molecule has 1 aliphatic carbocycles. The molecule has 2 aromatic heterocycles. The highest BCUT2D eigenvalue weighted by molar-refractivity contribution is 5.94. The Balaban J connectivity index is 1.92. The molecule has 7 heteroatoms. The molecule has 0 bridgehead atoms. The first kappa shape index (κ1) is 17.4. The molecule has 0 atom stereocenters. The standard InChI is InChI=1S/C18H24N4O3/c1-17(2,3)15-20-16(25-22-15)18(8-5-4-6-9-18)21-14(24)12-7-10-19-13(23)11-12/h7,10-11H,4-6,8-9H2,1-3H3,(H,19,23)(H,21,24). The lowest BCUT2D eigenvalue weighted by molar-refractivity contribution is 0.0824. The lowest BCUT2D eigenvalue weighted by Crippen LogP contribution is -2.47. The van der Waals surface area contributed by atoms with Gasteiger partial charge in [-0.15, -0.1) is 0 Å². The Kier molecular flexibility index (Phi) is 4.49. The van der Waals surface area contributed by atoms with Crippen LogP contribution in [0.25, 0.3) is 0 Å². The molecule has 7 nitrogen and oxygen atoms in total. The molecule has 25 heavy (non-hydrogen) atoms. The van der Waals surface area contributed by atoms with Crippen molar-refractivity contribution in [3.8, 4) is 0 Å². The molecule has 2 aromatic rings. The van der Waals surface area contributed by atoms with E-state index in [2.05, 4.69) is 20.4 Å². The van der Waals surface area contributed by atoms with Crippen LogP contribution in [0.15, 0.2) is 27.6 Å². The highest BCUT2D eigenvalue weighted by Crippen LogP contribution is 2.37. The number of aromatic amines is 1. The van der Waals surface area contributed by atoms with Crippen molar-refractivity contribution < 1.29 is 9.32 Å². The minimum atomic E-state index is -0.672. The summed E-state index contributed by atoms with van der Waals surface area (Å²) in [5, 5.41) is 7.18. The number of rotatable bonds is 3.